The first-order chi connectivity index (χ1) is 18.9. The topological polar surface area (TPSA) is 81.1 Å². The van der Waals surface area contributed by atoms with Gasteiger partial charge in [0.2, 0.25) is 0 Å². The molecule has 13 heteroatoms. The molecule has 7 nitrogen and oxygen atoms in total. The van der Waals surface area contributed by atoms with Crippen LogP contribution in [0, 0.1) is 6.92 Å². The molecule has 1 aliphatic heterocycles. The van der Waals surface area contributed by atoms with Gasteiger partial charge in [0.15, 0.2) is 0 Å². The smallest absolute Gasteiger partial charge is 0.435 e. The van der Waals surface area contributed by atoms with Crippen LogP contribution in [0.25, 0.3) is 0 Å². The van der Waals surface area contributed by atoms with Gasteiger partial charge in [-0.15, -0.1) is 11.6 Å². The molecule has 1 unspecified atom stereocenters. The van der Waals surface area contributed by atoms with Gasteiger partial charge in [-0.1, -0.05) is 40.5 Å². The van der Waals surface area contributed by atoms with E-state index in [1.54, 1.807) is 25.1 Å². The zero-order chi connectivity index (χ0) is 29.1. The van der Waals surface area contributed by atoms with Gasteiger partial charge in [0.05, 0.1) is 23.8 Å². The molecule has 1 aliphatic rings. The Bertz CT molecular complexity index is 1430. The van der Waals surface area contributed by atoms with Crippen LogP contribution < -0.4 is 0 Å². The van der Waals surface area contributed by atoms with Gasteiger partial charge in [-0.3, -0.25) is 9.78 Å². The Hall–Kier alpha value is -3.34. The number of ether oxygens (including phenoxy) is 1. The summed E-state index contributed by atoms with van der Waals surface area (Å²) in [6.45, 7) is 1.31. The second-order valence-corrected chi connectivity index (χ2v) is 10.1. The number of imide groups is 1. The van der Waals surface area contributed by atoms with Gasteiger partial charge < -0.3 is 9.57 Å². The van der Waals surface area contributed by atoms with Crippen molar-refractivity contribution in [1.82, 2.24) is 9.88 Å². The second kappa shape index (κ2) is 12.0. The van der Waals surface area contributed by atoms with Crippen LogP contribution in [-0.2, 0) is 21.7 Å². The number of halogens is 6. The number of pyridine rings is 1. The number of carbonyl (C=O) groups excluding carboxylic acids is 2. The van der Waals surface area contributed by atoms with E-state index in [1.807, 2.05) is 0 Å². The number of aryl methyl sites for hydroxylation is 1. The Labute approximate surface area is 242 Å². The average molecular weight is 615 g/mol. The van der Waals surface area contributed by atoms with Crippen LogP contribution in [0.2, 0.25) is 10.0 Å². The van der Waals surface area contributed by atoms with Gasteiger partial charge in [-0.2, -0.15) is 13.2 Å². The van der Waals surface area contributed by atoms with E-state index in [-0.39, 0.29) is 45.9 Å². The molecule has 3 aromatic rings. The van der Waals surface area contributed by atoms with Crippen molar-refractivity contribution in [2.24, 2.45) is 5.16 Å². The quantitative estimate of drug-likeness (QED) is 0.261. The van der Waals surface area contributed by atoms with Crippen LogP contribution in [0.3, 0.4) is 0 Å². The highest BCUT2D eigenvalue weighted by Gasteiger charge is 2.62. The predicted molar refractivity (Wildman–Crippen MR) is 144 cm³/mol. The van der Waals surface area contributed by atoms with E-state index in [9.17, 15) is 22.8 Å². The predicted octanol–water partition coefficient (Wildman–Crippen LogP) is 7.30. The molecule has 1 aromatic heterocycles. The van der Waals surface area contributed by atoms with E-state index in [4.69, 9.17) is 44.4 Å². The maximum absolute atomic E-state index is 14.3. The lowest BCUT2D eigenvalue weighted by molar-refractivity contribution is -0.275. The van der Waals surface area contributed by atoms with Crippen molar-refractivity contribution in [3.8, 4) is 0 Å². The number of alkyl halides is 4. The second-order valence-electron chi connectivity index (χ2n) is 8.83. The highest BCUT2D eigenvalue weighted by atomic mass is 35.5. The van der Waals surface area contributed by atoms with Crippen LogP contribution in [0.1, 0.15) is 39.2 Å². The van der Waals surface area contributed by atoms with E-state index in [0.717, 1.165) is 17.0 Å². The fourth-order valence-corrected chi connectivity index (χ4v) is 4.75. The summed E-state index contributed by atoms with van der Waals surface area (Å²) in [5.41, 5.74) is -1.83. The molecule has 0 saturated carbocycles. The molecule has 4 rings (SSSR count). The zero-order valence-corrected chi connectivity index (χ0v) is 23.1. The van der Waals surface area contributed by atoms with Gasteiger partial charge >= 0.3 is 12.3 Å². The van der Waals surface area contributed by atoms with Crippen LogP contribution in [0.15, 0.2) is 65.9 Å². The van der Waals surface area contributed by atoms with Gasteiger partial charge in [0, 0.05) is 33.8 Å². The van der Waals surface area contributed by atoms with E-state index >= 15 is 0 Å². The molecule has 210 valence electrons. The van der Waals surface area contributed by atoms with E-state index in [1.165, 1.54) is 30.5 Å². The van der Waals surface area contributed by atoms with Crippen molar-refractivity contribution in [2.45, 2.75) is 31.7 Å². The number of nitrogens with zero attached hydrogens (tertiary/aromatic N) is 3. The first kappa shape index (κ1) is 29.6. The number of carbonyl (C=O) groups is 2. The summed E-state index contributed by atoms with van der Waals surface area (Å²) in [6, 6.07) is 12.9. The molecule has 2 aromatic carbocycles. The molecule has 0 radical (unpaired) electrons. The number of hydrogen-bond donors (Lipinski definition) is 0. The third-order valence-electron chi connectivity index (χ3n) is 6.12. The van der Waals surface area contributed by atoms with Crippen molar-refractivity contribution < 1.29 is 32.3 Å². The van der Waals surface area contributed by atoms with Crippen LogP contribution >= 0.6 is 34.8 Å². The lowest BCUT2D eigenvalue weighted by atomic mass is 9.86. The van der Waals surface area contributed by atoms with Gasteiger partial charge in [-0.25, -0.2) is 9.69 Å². The SMILES string of the molecule is Cc1cc(C2=NOC(c3cc(Cl)cc(Cl)c3)(C(F)(F)F)C2)ccc1C(=O)N(Cc1ccccn1)C(=O)OCCCl. The summed E-state index contributed by atoms with van der Waals surface area (Å²) < 4.78 is 48.1. The standard InChI is InChI=1S/C27H21Cl3F3N3O4/c1-16-10-17(23-14-26(40-35-23,27(31,32)33)18-11-19(29)13-20(30)12-18)5-6-22(16)24(37)36(25(38)39-9-7-28)15-21-4-2-3-8-34-21/h2-6,8,10-13H,7,9,14-15H2,1H3. The van der Waals surface area contributed by atoms with Gasteiger partial charge in [0.1, 0.15) is 6.61 Å². The maximum atomic E-state index is 14.3. The molecule has 1 atom stereocenters. The van der Waals surface area contributed by atoms with Crippen molar-refractivity contribution in [3.63, 3.8) is 0 Å². The summed E-state index contributed by atoms with van der Waals surface area (Å²) >= 11 is 17.5. The van der Waals surface area contributed by atoms with Crippen LogP contribution in [-0.4, -0.2) is 46.3 Å². The highest BCUT2D eigenvalue weighted by Crippen LogP contribution is 2.49. The van der Waals surface area contributed by atoms with Crippen LogP contribution in [0.5, 0.6) is 0 Å². The first-order valence-corrected chi connectivity index (χ1v) is 13.1. The van der Waals surface area contributed by atoms with Crippen LogP contribution in [0.4, 0.5) is 18.0 Å². The molecule has 0 fully saturated rings. The minimum absolute atomic E-state index is 0.00221. The lowest BCUT2D eigenvalue weighted by Gasteiger charge is -2.29. The molecule has 0 saturated heterocycles. The van der Waals surface area contributed by atoms with Crippen molar-refractivity contribution >= 4 is 52.5 Å². The summed E-state index contributed by atoms with van der Waals surface area (Å²) in [7, 11) is 0. The number of hydrogen-bond acceptors (Lipinski definition) is 6. The largest absolute Gasteiger partial charge is 0.448 e. The van der Waals surface area contributed by atoms with Crippen molar-refractivity contribution in [2.75, 3.05) is 12.5 Å². The molecular weight excluding hydrogens is 594 g/mol. The number of amides is 2. The molecule has 2 heterocycles. The Morgan fingerprint density at radius 2 is 1.82 bits per heavy atom. The fourth-order valence-electron chi connectivity index (χ4n) is 4.15. The molecule has 0 bridgehead atoms. The molecule has 40 heavy (non-hydrogen) atoms. The lowest BCUT2D eigenvalue weighted by Crippen LogP contribution is -2.42. The molecule has 0 aliphatic carbocycles. The number of rotatable bonds is 7. The average Bonchev–Trinajstić information content (AvgIpc) is 3.37. The molecule has 0 N–H and O–H groups in total. The third-order valence-corrected chi connectivity index (χ3v) is 6.71. The van der Waals surface area contributed by atoms with Gasteiger partial charge in [-0.05, 0) is 60.5 Å². The van der Waals surface area contributed by atoms with Gasteiger partial charge in [0.25, 0.3) is 11.5 Å². The maximum Gasteiger partial charge on any atom is 0.435 e. The molecule has 0 spiro atoms. The Morgan fingerprint density at radius 3 is 2.42 bits per heavy atom. The van der Waals surface area contributed by atoms with E-state index in [2.05, 4.69) is 10.1 Å². The summed E-state index contributed by atoms with van der Waals surface area (Å²) in [6.07, 6.45) is -4.91. The summed E-state index contributed by atoms with van der Waals surface area (Å²) in [5.74, 6) is -0.645. The van der Waals surface area contributed by atoms with E-state index in [0.29, 0.717) is 16.8 Å². The molecule has 2 amide bonds. The minimum atomic E-state index is -4.85. The fraction of sp³-hybridized carbons (Fsp3) is 0.259. The monoisotopic (exact) mass is 613 g/mol. The summed E-state index contributed by atoms with van der Waals surface area (Å²) in [5, 5.41) is 3.78. The highest BCUT2D eigenvalue weighted by molar-refractivity contribution is 6.34. The first-order valence-electron chi connectivity index (χ1n) is 11.8. The number of oxime groups is 1. The molecular formula is C27H21Cl3F3N3O4. The number of aromatic nitrogens is 1. The Balaban J connectivity index is 1.62. The minimum Gasteiger partial charge on any atom is -0.448 e. The Kier molecular flexibility index (Phi) is 8.92. The third kappa shape index (κ3) is 6.19. The van der Waals surface area contributed by atoms with E-state index < -0.39 is 30.2 Å². The van der Waals surface area contributed by atoms with Crippen molar-refractivity contribution in [3.05, 3.63) is 98.8 Å². The normalized spacial score (nSPS) is 16.7. The van der Waals surface area contributed by atoms with Crippen molar-refractivity contribution in [1.29, 1.82) is 0 Å². The number of benzene rings is 2. The zero-order valence-electron chi connectivity index (χ0n) is 20.8. The summed E-state index contributed by atoms with van der Waals surface area (Å²) in [4.78, 5) is 36.2. The Morgan fingerprint density at radius 1 is 1.10 bits per heavy atom.